The van der Waals surface area contributed by atoms with Crippen molar-refractivity contribution in [3.05, 3.63) is 0 Å². The Bertz CT molecular complexity index is 83.0. The number of hydrogen-bond acceptors (Lipinski definition) is 2. The van der Waals surface area contributed by atoms with Crippen molar-refractivity contribution in [1.29, 1.82) is 0 Å². The van der Waals surface area contributed by atoms with Gasteiger partial charge in [0.1, 0.15) is 0 Å². The predicted octanol–water partition coefficient (Wildman–Crippen LogP) is 0.530. The third kappa shape index (κ3) is 1.95. The highest BCUT2D eigenvalue weighted by Gasteiger charge is 2.18. The molecule has 2 heteroatoms. The fourth-order valence-electron chi connectivity index (χ4n) is 1.43. The first-order valence-corrected chi connectivity index (χ1v) is 3.62. The van der Waals surface area contributed by atoms with E-state index in [2.05, 4.69) is 0 Å². The Kier molecular flexibility index (Phi) is 2.49. The van der Waals surface area contributed by atoms with Gasteiger partial charge in [0.15, 0.2) is 0 Å². The van der Waals surface area contributed by atoms with Crippen molar-refractivity contribution >= 4 is 0 Å². The molecule has 0 aromatic heterocycles. The van der Waals surface area contributed by atoms with Crippen LogP contribution < -0.4 is 0 Å². The molecule has 0 aliphatic heterocycles. The number of hydrogen-bond donors (Lipinski definition) is 2. The smallest absolute Gasteiger partial charge is 0.0543 e. The lowest BCUT2D eigenvalue weighted by molar-refractivity contribution is 0.0757. The Morgan fingerprint density at radius 1 is 1.33 bits per heavy atom. The van der Waals surface area contributed by atoms with E-state index in [1.807, 2.05) is 0 Å². The van der Waals surface area contributed by atoms with Crippen LogP contribution in [0.5, 0.6) is 0 Å². The molecule has 2 N–H and O–H groups in total. The van der Waals surface area contributed by atoms with Gasteiger partial charge < -0.3 is 10.2 Å². The van der Waals surface area contributed by atoms with Crippen molar-refractivity contribution in [2.75, 3.05) is 6.61 Å². The lowest BCUT2D eigenvalue weighted by Gasteiger charge is -2.23. The summed E-state index contributed by atoms with van der Waals surface area (Å²) in [6.07, 6.45) is 3.75. The highest BCUT2D eigenvalue weighted by molar-refractivity contribution is 4.70. The van der Waals surface area contributed by atoms with Crippen LogP contribution in [0.4, 0.5) is 0 Å². The van der Waals surface area contributed by atoms with Gasteiger partial charge in [-0.1, -0.05) is 6.42 Å². The Hall–Kier alpha value is -0.0800. The van der Waals surface area contributed by atoms with Crippen LogP contribution in [-0.4, -0.2) is 22.9 Å². The van der Waals surface area contributed by atoms with Crippen LogP contribution in [0.2, 0.25) is 0 Å². The zero-order chi connectivity index (χ0) is 6.69. The molecule has 0 aromatic carbocycles. The zero-order valence-electron chi connectivity index (χ0n) is 5.58. The molecule has 1 aliphatic rings. The molecule has 0 bridgehead atoms. The maximum Gasteiger partial charge on any atom is 0.0543 e. The zero-order valence-corrected chi connectivity index (χ0v) is 5.58. The van der Waals surface area contributed by atoms with Gasteiger partial charge in [-0.2, -0.15) is 0 Å². The minimum Gasteiger partial charge on any atom is -0.396 e. The molecule has 1 fully saturated rings. The molecule has 0 aromatic rings. The Labute approximate surface area is 55.5 Å². The molecule has 1 rings (SSSR count). The molecule has 1 aliphatic carbocycles. The van der Waals surface area contributed by atoms with Crippen LogP contribution in [-0.2, 0) is 0 Å². The van der Waals surface area contributed by atoms with Crippen molar-refractivity contribution in [1.82, 2.24) is 0 Å². The summed E-state index contributed by atoms with van der Waals surface area (Å²) in [6, 6.07) is 0. The van der Waals surface area contributed by atoms with E-state index in [1.54, 1.807) is 0 Å². The van der Waals surface area contributed by atoms with Gasteiger partial charge in [0.05, 0.1) is 6.10 Å². The van der Waals surface area contributed by atoms with Gasteiger partial charge in [-0.25, -0.2) is 0 Å². The van der Waals surface area contributed by atoms with E-state index in [9.17, 15) is 0 Å². The van der Waals surface area contributed by atoms with Gasteiger partial charge in [0, 0.05) is 6.61 Å². The maximum atomic E-state index is 9.10. The summed E-state index contributed by atoms with van der Waals surface area (Å²) < 4.78 is 0. The van der Waals surface area contributed by atoms with Crippen LogP contribution in [0.3, 0.4) is 0 Å². The van der Waals surface area contributed by atoms with Crippen LogP contribution in [0, 0.1) is 5.92 Å². The molecule has 54 valence electrons. The predicted molar refractivity (Wildman–Crippen MR) is 35.1 cm³/mol. The second-order valence-electron chi connectivity index (χ2n) is 2.87. The molecular formula is C7H14O2. The molecule has 2 atom stereocenters. The average Bonchev–Trinajstić information content (AvgIpc) is 1.88. The largest absolute Gasteiger partial charge is 0.396 e. The summed E-state index contributed by atoms with van der Waals surface area (Å²) in [4.78, 5) is 0. The highest BCUT2D eigenvalue weighted by atomic mass is 16.3. The molecule has 0 saturated heterocycles. The van der Waals surface area contributed by atoms with E-state index in [0.717, 1.165) is 25.7 Å². The summed E-state index contributed by atoms with van der Waals surface area (Å²) in [5.41, 5.74) is 0. The Morgan fingerprint density at radius 2 is 2.11 bits per heavy atom. The minimum absolute atomic E-state index is 0.143. The van der Waals surface area contributed by atoms with Crippen LogP contribution in [0.1, 0.15) is 25.7 Å². The van der Waals surface area contributed by atoms with Crippen LogP contribution >= 0.6 is 0 Å². The van der Waals surface area contributed by atoms with E-state index < -0.39 is 0 Å². The molecule has 1 unspecified atom stereocenters. The third-order valence-electron chi connectivity index (χ3n) is 2.01. The van der Waals surface area contributed by atoms with E-state index >= 15 is 0 Å². The van der Waals surface area contributed by atoms with E-state index in [4.69, 9.17) is 10.2 Å². The summed E-state index contributed by atoms with van der Waals surface area (Å²) in [5.74, 6) is 0.369. The lowest BCUT2D eigenvalue weighted by Crippen LogP contribution is -2.21. The third-order valence-corrected chi connectivity index (χ3v) is 2.01. The summed E-state index contributed by atoms with van der Waals surface area (Å²) in [5, 5.41) is 17.8. The lowest BCUT2D eigenvalue weighted by atomic mass is 9.88. The van der Waals surface area contributed by atoms with E-state index in [0.29, 0.717) is 5.92 Å². The van der Waals surface area contributed by atoms with Gasteiger partial charge in [0.25, 0.3) is 0 Å². The fraction of sp³-hybridized carbons (Fsp3) is 1.00. The number of aliphatic hydroxyl groups excluding tert-OH is 2. The molecule has 0 radical (unpaired) electrons. The van der Waals surface area contributed by atoms with Gasteiger partial charge in [-0.3, -0.25) is 0 Å². The first kappa shape index (κ1) is 7.03. The van der Waals surface area contributed by atoms with E-state index in [-0.39, 0.29) is 12.7 Å². The molecular weight excluding hydrogens is 116 g/mol. The summed E-state index contributed by atoms with van der Waals surface area (Å²) >= 11 is 0. The second-order valence-corrected chi connectivity index (χ2v) is 2.87. The van der Waals surface area contributed by atoms with E-state index in [1.165, 1.54) is 0 Å². The van der Waals surface area contributed by atoms with Gasteiger partial charge >= 0.3 is 0 Å². The second kappa shape index (κ2) is 3.18. The summed E-state index contributed by atoms with van der Waals surface area (Å²) in [6.45, 7) is 0.247. The van der Waals surface area contributed by atoms with Gasteiger partial charge in [0.2, 0.25) is 0 Å². The fourth-order valence-corrected chi connectivity index (χ4v) is 1.43. The molecule has 0 heterocycles. The van der Waals surface area contributed by atoms with Crippen molar-refractivity contribution < 1.29 is 10.2 Å². The maximum absolute atomic E-state index is 9.10. The van der Waals surface area contributed by atoms with Gasteiger partial charge in [-0.15, -0.1) is 0 Å². The van der Waals surface area contributed by atoms with Gasteiger partial charge in [-0.05, 0) is 25.2 Å². The van der Waals surface area contributed by atoms with Crippen molar-refractivity contribution in [2.24, 2.45) is 5.92 Å². The van der Waals surface area contributed by atoms with Crippen molar-refractivity contribution in [2.45, 2.75) is 31.8 Å². The number of aliphatic hydroxyl groups is 2. The Balaban J connectivity index is 2.23. The van der Waals surface area contributed by atoms with Crippen molar-refractivity contribution in [3.63, 3.8) is 0 Å². The quantitative estimate of drug-likeness (QED) is 0.543. The normalized spacial score (nSPS) is 36.7. The standard InChI is InChI=1S/C7H14O2/c8-5-6-2-1-3-7(9)4-6/h6-9H,1-5H2/t6?,7-/m1/s1. The molecule has 1 saturated carbocycles. The molecule has 0 spiro atoms. The topological polar surface area (TPSA) is 40.5 Å². The highest BCUT2D eigenvalue weighted by Crippen LogP contribution is 2.23. The SMILES string of the molecule is OCC1CCC[C@@H](O)C1. The van der Waals surface area contributed by atoms with Crippen LogP contribution in [0.15, 0.2) is 0 Å². The number of rotatable bonds is 1. The average molecular weight is 130 g/mol. The Morgan fingerprint density at radius 3 is 2.56 bits per heavy atom. The molecule has 9 heavy (non-hydrogen) atoms. The minimum atomic E-state index is -0.143. The molecule has 0 amide bonds. The first-order valence-electron chi connectivity index (χ1n) is 3.62. The van der Waals surface area contributed by atoms with Crippen molar-refractivity contribution in [3.8, 4) is 0 Å². The van der Waals surface area contributed by atoms with Crippen LogP contribution in [0.25, 0.3) is 0 Å². The summed E-state index contributed by atoms with van der Waals surface area (Å²) in [7, 11) is 0. The first-order chi connectivity index (χ1) is 4.33. The molecule has 2 nitrogen and oxygen atoms in total. The monoisotopic (exact) mass is 130 g/mol.